The zero-order valence-electron chi connectivity index (χ0n) is 22.3. The van der Waals surface area contributed by atoms with E-state index in [1.54, 1.807) is 11.7 Å². The summed E-state index contributed by atoms with van der Waals surface area (Å²) in [6.07, 6.45) is 1.23. The third-order valence-corrected chi connectivity index (χ3v) is 7.61. The molecule has 9 nitrogen and oxygen atoms in total. The molecule has 0 spiro atoms. The highest BCUT2D eigenvalue weighted by atomic mass is 19.1. The van der Waals surface area contributed by atoms with Crippen molar-refractivity contribution in [3.8, 4) is 5.75 Å². The Balaban J connectivity index is 1.54. The van der Waals surface area contributed by atoms with Crippen molar-refractivity contribution in [3.05, 3.63) is 114 Å². The Labute approximate surface area is 235 Å². The van der Waals surface area contributed by atoms with Crippen LogP contribution in [0, 0.1) is 6.08 Å². The summed E-state index contributed by atoms with van der Waals surface area (Å²) in [5.74, 6) is 0.875. The van der Waals surface area contributed by atoms with E-state index in [1.807, 2.05) is 84.9 Å². The number of fused-ring (bicyclic) bond motifs is 1. The smallest absolute Gasteiger partial charge is 0.312 e. The van der Waals surface area contributed by atoms with Crippen LogP contribution in [-0.2, 0) is 15.1 Å². The Kier molecular flexibility index (Phi) is 6.94. The number of aldehydes is 1. The van der Waals surface area contributed by atoms with Gasteiger partial charge in [-0.3, -0.25) is 4.57 Å². The standard InChI is InChI=1S/C31H28FN5O4/c1-40-24-14-12-23(13-15-24)31(21-8-4-2-5-9-21,22-10-6-3-7-11-22)36-27-26-28(35-29(32)34-27)37(20-33-26)25-16-17-30(18-38,19-39)41-25/h2-15,18,20,25,39H,16-17,19H2,1H3,(H,34,35,36). The van der Waals surface area contributed by atoms with Crippen LogP contribution < -0.4 is 10.1 Å². The first-order chi connectivity index (χ1) is 20.0. The number of methoxy groups -OCH3 is 1. The van der Waals surface area contributed by atoms with Gasteiger partial charge in [-0.05, 0) is 41.7 Å². The average molecular weight is 554 g/mol. The van der Waals surface area contributed by atoms with Gasteiger partial charge in [0.1, 0.15) is 23.1 Å². The van der Waals surface area contributed by atoms with Crippen LogP contribution >= 0.6 is 0 Å². The molecule has 3 aromatic carbocycles. The van der Waals surface area contributed by atoms with E-state index in [4.69, 9.17) is 9.47 Å². The minimum Gasteiger partial charge on any atom is -0.497 e. The van der Waals surface area contributed by atoms with Crippen molar-refractivity contribution in [3.63, 3.8) is 0 Å². The number of carbonyl (C=O) groups is 1. The van der Waals surface area contributed by atoms with Crippen LogP contribution in [0.4, 0.5) is 10.2 Å². The number of carbonyl (C=O) groups excluding carboxylic acids is 1. The molecule has 5 aromatic rings. The highest BCUT2D eigenvalue weighted by Gasteiger charge is 2.42. The van der Waals surface area contributed by atoms with Crippen LogP contribution in [0.5, 0.6) is 5.75 Å². The number of aliphatic hydroxyl groups is 1. The third kappa shape index (κ3) is 4.60. The van der Waals surface area contributed by atoms with E-state index in [2.05, 4.69) is 20.3 Å². The molecule has 0 radical (unpaired) electrons. The van der Waals surface area contributed by atoms with Crippen molar-refractivity contribution in [1.82, 2.24) is 19.5 Å². The molecule has 2 N–H and O–H groups in total. The van der Waals surface area contributed by atoms with Gasteiger partial charge in [-0.2, -0.15) is 14.4 Å². The molecule has 1 aliphatic rings. The molecule has 0 bridgehead atoms. The number of rotatable bonds is 9. The number of aliphatic hydroxyl groups excluding tert-OH is 1. The molecule has 0 saturated carbocycles. The van der Waals surface area contributed by atoms with Crippen LogP contribution in [0.2, 0.25) is 0 Å². The van der Waals surface area contributed by atoms with Crippen molar-refractivity contribution < 1.29 is 23.8 Å². The van der Waals surface area contributed by atoms with Gasteiger partial charge < -0.3 is 24.7 Å². The third-order valence-electron chi connectivity index (χ3n) is 7.61. The summed E-state index contributed by atoms with van der Waals surface area (Å²) in [5.41, 5.74) is 0.848. The molecule has 3 heterocycles. The molecule has 6 rings (SSSR count). The molecular formula is C31H28FN5O4. The fraction of sp³-hybridized carbons (Fsp3) is 0.226. The van der Waals surface area contributed by atoms with Gasteiger partial charge >= 0.3 is 6.08 Å². The van der Waals surface area contributed by atoms with Gasteiger partial charge in [0.15, 0.2) is 23.3 Å². The SMILES string of the molecule is COc1ccc(C(Nc2nc(F)nc3c2ncn3C2CCC(C=O)(CO)O2)(c2ccccc2)c2ccccc2)cc1. The van der Waals surface area contributed by atoms with Gasteiger partial charge in [0.05, 0.1) is 20.0 Å². The Morgan fingerprint density at radius 3 is 2.24 bits per heavy atom. The highest BCUT2D eigenvalue weighted by molar-refractivity contribution is 5.84. The summed E-state index contributed by atoms with van der Waals surface area (Å²) >= 11 is 0. The number of imidazole rings is 1. The first-order valence-electron chi connectivity index (χ1n) is 13.2. The monoisotopic (exact) mass is 553 g/mol. The molecule has 0 aliphatic carbocycles. The van der Waals surface area contributed by atoms with Crippen LogP contribution in [0.15, 0.2) is 91.3 Å². The second-order valence-corrected chi connectivity index (χ2v) is 9.95. The van der Waals surface area contributed by atoms with Gasteiger partial charge in [-0.1, -0.05) is 72.8 Å². The molecule has 2 atom stereocenters. The van der Waals surface area contributed by atoms with Crippen LogP contribution in [0.3, 0.4) is 0 Å². The van der Waals surface area contributed by atoms with E-state index in [-0.39, 0.29) is 11.5 Å². The number of nitrogens with zero attached hydrogens (tertiary/aromatic N) is 4. The van der Waals surface area contributed by atoms with E-state index < -0.39 is 30.1 Å². The predicted molar refractivity (Wildman–Crippen MR) is 150 cm³/mol. The lowest BCUT2D eigenvalue weighted by Gasteiger charge is -2.37. The topological polar surface area (TPSA) is 111 Å². The Bertz CT molecular complexity index is 1620. The summed E-state index contributed by atoms with van der Waals surface area (Å²) in [4.78, 5) is 24.4. The average Bonchev–Trinajstić information content (AvgIpc) is 3.66. The van der Waals surface area contributed by atoms with Crippen molar-refractivity contribution in [2.24, 2.45) is 0 Å². The van der Waals surface area contributed by atoms with E-state index >= 15 is 4.39 Å². The Morgan fingerprint density at radius 2 is 1.68 bits per heavy atom. The molecule has 0 amide bonds. The normalized spacial score (nSPS) is 18.9. The van der Waals surface area contributed by atoms with Crippen molar-refractivity contribution in [2.75, 3.05) is 19.0 Å². The fourth-order valence-corrected chi connectivity index (χ4v) is 5.49. The fourth-order valence-electron chi connectivity index (χ4n) is 5.49. The second kappa shape index (κ2) is 10.7. The summed E-state index contributed by atoms with van der Waals surface area (Å²) in [6, 6.07) is 27.3. The lowest BCUT2D eigenvalue weighted by molar-refractivity contribution is -0.140. The van der Waals surface area contributed by atoms with Crippen molar-refractivity contribution >= 4 is 23.3 Å². The minimum atomic E-state index is -1.31. The Hall–Kier alpha value is -4.67. The second-order valence-electron chi connectivity index (χ2n) is 9.95. The molecule has 1 saturated heterocycles. The number of nitrogens with one attached hydrogen (secondary N) is 1. The Morgan fingerprint density at radius 1 is 1.05 bits per heavy atom. The zero-order chi connectivity index (χ0) is 28.5. The molecule has 41 heavy (non-hydrogen) atoms. The predicted octanol–water partition coefficient (Wildman–Crippen LogP) is 4.62. The number of ether oxygens (including phenoxy) is 2. The van der Waals surface area contributed by atoms with Gasteiger partial charge in [-0.15, -0.1) is 0 Å². The highest BCUT2D eigenvalue weighted by Crippen LogP contribution is 2.42. The summed E-state index contributed by atoms with van der Waals surface area (Å²) in [6.45, 7) is -0.450. The first-order valence-corrected chi connectivity index (χ1v) is 13.2. The molecule has 1 fully saturated rings. The van der Waals surface area contributed by atoms with E-state index in [0.29, 0.717) is 30.4 Å². The number of anilines is 1. The first kappa shape index (κ1) is 26.5. The number of benzene rings is 3. The minimum absolute atomic E-state index is 0.177. The van der Waals surface area contributed by atoms with E-state index in [1.165, 1.54) is 6.33 Å². The zero-order valence-corrected chi connectivity index (χ0v) is 22.3. The lowest BCUT2D eigenvalue weighted by atomic mass is 9.77. The van der Waals surface area contributed by atoms with Crippen LogP contribution in [0.1, 0.15) is 35.8 Å². The maximum atomic E-state index is 15.2. The number of halogens is 1. The molecule has 2 unspecified atom stereocenters. The molecular weight excluding hydrogens is 525 g/mol. The van der Waals surface area contributed by atoms with E-state index in [9.17, 15) is 9.90 Å². The molecule has 2 aromatic heterocycles. The van der Waals surface area contributed by atoms with Crippen LogP contribution in [0.25, 0.3) is 11.2 Å². The molecule has 10 heteroatoms. The molecule has 1 aliphatic heterocycles. The van der Waals surface area contributed by atoms with E-state index in [0.717, 1.165) is 16.7 Å². The number of hydrogen-bond donors (Lipinski definition) is 2. The van der Waals surface area contributed by atoms with Gasteiger partial charge in [0.25, 0.3) is 0 Å². The van der Waals surface area contributed by atoms with Gasteiger partial charge in [-0.25, -0.2) is 4.98 Å². The van der Waals surface area contributed by atoms with Crippen LogP contribution in [-0.4, -0.2) is 50.2 Å². The van der Waals surface area contributed by atoms with Crippen molar-refractivity contribution in [2.45, 2.75) is 30.2 Å². The van der Waals surface area contributed by atoms with Gasteiger partial charge in [0.2, 0.25) is 0 Å². The number of hydrogen-bond acceptors (Lipinski definition) is 8. The quantitative estimate of drug-likeness (QED) is 0.155. The largest absolute Gasteiger partial charge is 0.497 e. The lowest BCUT2D eigenvalue weighted by Crippen LogP contribution is -2.38. The maximum absolute atomic E-state index is 15.2. The summed E-state index contributed by atoms with van der Waals surface area (Å²) in [7, 11) is 1.61. The molecule has 208 valence electrons. The van der Waals surface area contributed by atoms with Gasteiger partial charge in [0, 0.05) is 0 Å². The van der Waals surface area contributed by atoms with Crippen molar-refractivity contribution in [1.29, 1.82) is 0 Å². The number of aromatic nitrogens is 4. The maximum Gasteiger partial charge on any atom is 0.312 e. The summed E-state index contributed by atoms with van der Waals surface area (Å²) < 4.78 is 28.0. The summed E-state index contributed by atoms with van der Waals surface area (Å²) in [5, 5.41) is 13.3.